The van der Waals surface area contributed by atoms with E-state index >= 15 is 0 Å². The summed E-state index contributed by atoms with van der Waals surface area (Å²) in [6, 6.07) is 21.7. The number of urea groups is 1. The first-order valence-corrected chi connectivity index (χ1v) is 17.0. The molecule has 0 aliphatic carbocycles. The van der Waals surface area contributed by atoms with Crippen LogP contribution in [0.15, 0.2) is 66.9 Å². The Kier molecular flexibility index (Phi) is 9.72. The van der Waals surface area contributed by atoms with Crippen molar-refractivity contribution in [3.8, 4) is 11.3 Å². The molecule has 3 fully saturated rings. The number of amides is 2. The number of rotatable bonds is 8. The van der Waals surface area contributed by atoms with Crippen LogP contribution in [0.2, 0.25) is 0 Å². The summed E-state index contributed by atoms with van der Waals surface area (Å²) in [6.45, 7) is 14.4. The fourth-order valence-corrected chi connectivity index (χ4v) is 7.63. The summed E-state index contributed by atoms with van der Waals surface area (Å²) >= 11 is 0. The maximum absolute atomic E-state index is 14.8. The highest BCUT2D eigenvalue weighted by Gasteiger charge is 2.42. The van der Waals surface area contributed by atoms with Gasteiger partial charge in [-0.05, 0) is 75.2 Å². The van der Waals surface area contributed by atoms with E-state index in [0.29, 0.717) is 12.0 Å². The Hall–Kier alpha value is -3.16. The van der Waals surface area contributed by atoms with E-state index in [1.807, 2.05) is 6.07 Å². The van der Waals surface area contributed by atoms with Crippen molar-refractivity contribution in [2.45, 2.75) is 77.9 Å². The van der Waals surface area contributed by atoms with Crippen LogP contribution in [0.3, 0.4) is 0 Å². The lowest BCUT2D eigenvalue weighted by molar-refractivity contribution is 0.0556. The number of nitrogens with zero attached hydrogens (tertiary/aromatic N) is 5. The van der Waals surface area contributed by atoms with Crippen LogP contribution in [0.25, 0.3) is 11.3 Å². The van der Waals surface area contributed by atoms with E-state index in [2.05, 4.69) is 106 Å². The van der Waals surface area contributed by atoms with Crippen LogP contribution in [-0.2, 0) is 6.54 Å². The smallest absolute Gasteiger partial charge is 0.320 e. The number of benzene rings is 2. The fourth-order valence-electron chi connectivity index (χ4n) is 7.63. The predicted molar refractivity (Wildman–Crippen MR) is 179 cm³/mol. The third-order valence-corrected chi connectivity index (χ3v) is 9.95. The molecule has 2 unspecified atom stereocenters. The Labute approximate surface area is 264 Å². The first-order valence-electron chi connectivity index (χ1n) is 17.0. The lowest BCUT2D eigenvalue weighted by atomic mass is 9.84. The number of aromatic nitrogens is 2. The van der Waals surface area contributed by atoms with Gasteiger partial charge in [0.15, 0.2) is 0 Å². The second-order valence-electron chi connectivity index (χ2n) is 14.3. The Morgan fingerprint density at radius 2 is 1.61 bits per heavy atom. The molecule has 2 atom stereocenters. The van der Waals surface area contributed by atoms with Crippen LogP contribution in [0.1, 0.15) is 76.7 Å². The fraction of sp³-hybridized carbons (Fsp3) is 0.568. The summed E-state index contributed by atoms with van der Waals surface area (Å²) in [4.78, 5) is 27.2. The third kappa shape index (κ3) is 7.21. The van der Waals surface area contributed by atoms with Crippen molar-refractivity contribution in [1.82, 2.24) is 29.6 Å². The molecule has 0 bridgehead atoms. The Morgan fingerprint density at radius 3 is 2.25 bits per heavy atom. The number of nitrogens with one attached hydrogen (secondary N) is 1. The van der Waals surface area contributed by atoms with E-state index in [1.165, 1.54) is 37.9 Å². The first-order chi connectivity index (χ1) is 21.4. The molecule has 0 radical (unpaired) electrons. The molecule has 0 saturated carbocycles. The van der Waals surface area contributed by atoms with Gasteiger partial charge in [-0.15, -0.1) is 0 Å². The van der Waals surface area contributed by atoms with Gasteiger partial charge < -0.3 is 24.6 Å². The van der Waals surface area contributed by atoms with Crippen LogP contribution >= 0.6 is 0 Å². The Morgan fingerprint density at radius 1 is 0.932 bits per heavy atom. The molecule has 3 saturated heterocycles. The Bertz CT molecular complexity index is 1330. The summed E-state index contributed by atoms with van der Waals surface area (Å²) in [5, 5.41) is 3.55. The summed E-state index contributed by atoms with van der Waals surface area (Å²) in [7, 11) is 0. The normalized spacial score (nSPS) is 21.0. The highest BCUT2D eigenvalue weighted by molar-refractivity contribution is 5.75. The summed E-state index contributed by atoms with van der Waals surface area (Å²) in [6.07, 6.45) is 9.44. The molecule has 3 aliphatic heterocycles. The van der Waals surface area contributed by atoms with Crippen molar-refractivity contribution in [3.05, 3.63) is 78.2 Å². The van der Waals surface area contributed by atoms with Gasteiger partial charge in [0, 0.05) is 44.0 Å². The average Bonchev–Trinajstić information content (AvgIpc) is 3.72. The Balaban J connectivity index is 1.34. The monoisotopic (exact) mass is 596 g/mol. The first kappa shape index (κ1) is 30.8. The van der Waals surface area contributed by atoms with Crippen LogP contribution in [0.4, 0.5) is 4.79 Å². The van der Waals surface area contributed by atoms with E-state index in [0.717, 1.165) is 75.6 Å². The number of likely N-dealkylation sites (tertiary alicyclic amines) is 2. The lowest BCUT2D eigenvalue weighted by Crippen LogP contribution is -2.54. The van der Waals surface area contributed by atoms with Gasteiger partial charge in [-0.25, -0.2) is 9.78 Å². The highest BCUT2D eigenvalue weighted by Crippen LogP contribution is 2.40. The molecule has 4 heterocycles. The molecular weight excluding hydrogens is 544 g/mol. The van der Waals surface area contributed by atoms with Crippen LogP contribution in [0, 0.1) is 11.3 Å². The van der Waals surface area contributed by atoms with Gasteiger partial charge >= 0.3 is 6.03 Å². The molecule has 7 nitrogen and oxygen atoms in total. The number of carbonyl (C=O) groups excluding carboxylic acids is 1. The molecule has 1 aromatic heterocycles. The number of piperidine rings is 2. The maximum Gasteiger partial charge on any atom is 0.320 e. The zero-order valence-electron chi connectivity index (χ0n) is 27.1. The van der Waals surface area contributed by atoms with E-state index in [9.17, 15) is 4.79 Å². The molecule has 236 valence electrons. The van der Waals surface area contributed by atoms with E-state index in [-0.39, 0.29) is 17.5 Å². The molecular formula is C37H52N6O. The van der Waals surface area contributed by atoms with E-state index < -0.39 is 0 Å². The highest BCUT2D eigenvalue weighted by atomic mass is 16.2. The minimum Gasteiger partial charge on any atom is -0.328 e. The third-order valence-electron chi connectivity index (χ3n) is 9.95. The largest absolute Gasteiger partial charge is 0.328 e. The molecule has 0 spiro atoms. The molecule has 6 rings (SSSR count). The summed E-state index contributed by atoms with van der Waals surface area (Å²) in [5.74, 6) is 1.42. The molecule has 3 aliphatic rings. The SMILES string of the molecule is CC(C)(C)C(c1nc(-c2ccccc2)cn1Cc1ccccc1)N(CC1CCNC1)C(=O)N1CCC(N2CCCCC2)CC1. The van der Waals surface area contributed by atoms with Crippen molar-refractivity contribution in [3.63, 3.8) is 0 Å². The minimum atomic E-state index is -0.221. The zero-order valence-corrected chi connectivity index (χ0v) is 27.1. The molecule has 3 aromatic rings. The quantitative estimate of drug-likeness (QED) is 0.316. The van der Waals surface area contributed by atoms with Gasteiger partial charge in [-0.3, -0.25) is 0 Å². The molecule has 2 amide bonds. The summed E-state index contributed by atoms with van der Waals surface area (Å²) < 4.78 is 2.31. The summed E-state index contributed by atoms with van der Waals surface area (Å²) in [5.41, 5.74) is 3.08. The topological polar surface area (TPSA) is 56.6 Å². The van der Waals surface area contributed by atoms with E-state index in [1.54, 1.807) is 0 Å². The molecule has 1 N–H and O–H groups in total. The van der Waals surface area contributed by atoms with Crippen LogP contribution in [0.5, 0.6) is 0 Å². The average molecular weight is 597 g/mol. The van der Waals surface area contributed by atoms with Crippen LogP contribution in [-0.4, -0.2) is 82.1 Å². The number of hydrogen-bond donors (Lipinski definition) is 1. The lowest BCUT2D eigenvalue weighted by Gasteiger charge is -2.45. The number of imidazole rings is 1. The second kappa shape index (κ2) is 13.9. The van der Waals surface area contributed by atoms with Gasteiger partial charge in [0.05, 0.1) is 11.7 Å². The van der Waals surface area contributed by atoms with Gasteiger partial charge in [0.25, 0.3) is 0 Å². The number of hydrogen-bond acceptors (Lipinski definition) is 4. The van der Waals surface area contributed by atoms with Crippen molar-refractivity contribution in [1.29, 1.82) is 0 Å². The van der Waals surface area contributed by atoms with Gasteiger partial charge in [0.1, 0.15) is 5.82 Å². The maximum atomic E-state index is 14.8. The van der Waals surface area contributed by atoms with Crippen LogP contribution < -0.4 is 5.32 Å². The van der Waals surface area contributed by atoms with Gasteiger partial charge in [0.2, 0.25) is 0 Å². The van der Waals surface area contributed by atoms with Gasteiger partial charge in [-0.2, -0.15) is 0 Å². The zero-order chi connectivity index (χ0) is 30.5. The number of carbonyl (C=O) groups is 1. The molecule has 44 heavy (non-hydrogen) atoms. The van der Waals surface area contributed by atoms with Gasteiger partial charge in [-0.1, -0.05) is 87.9 Å². The predicted octanol–water partition coefficient (Wildman–Crippen LogP) is 6.67. The van der Waals surface area contributed by atoms with E-state index in [4.69, 9.17) is 4.98 Å². The van der Waals surface area contributed by atoms with Crippen molar-refractivity contribution in [2.75, 3.05) is 45.8 Å². The van der Waals surface area contributed by atoms with Crippen molar-refractivity contribution in [2.24, 2.45) is 11.3 Å². The minimum absolute atomic E-state index is 0.170. The second-order valence-corrected chi connectivity index (χ2v) is 14.3. The van der Waals surface area contributed by atoms with Crippen molar-refractivity contribution >= 4 is 6.03 Å². The molecule has 7 heteroatoms. The molecule has 2 aromatic carbocycles. The van der Waals surface area contributed by atoms with Crippen molar-refractivity contribution < 1.29 is 4.79 Å². The standard InChI is InChI=1S/C37H52N6O/c1-37(2,3)34(35-39-33(31-15-9-5-10-16-31)28-42(35)26-29-13-7-4-8-14-29)43(27-30-17-20-38-25-30)36(44)41-23-18-32(19-24-41)40-21-11-6-12-22-40/h4-5,7-10,13-16,28,30,32,34,38H,6,11-12,17-27H2,1-3H3.